The summed E-state index contributed by atoms with van der Waals surface area (Å²) in [6, 6.07) is 13.4. The molecule has 0 radical (unpaired) electrons. The van der Waals surface area contributed by atoms with Crippen molar-refractivity contribution in [3.8, 4) is 11.4 Å². The van der Waals surface area contributed by atoms with Gasteiger partial charge in [0, 0.05) is 30.8 Å². The van der Waals surface area contributed by atoms with E-state index >= 15 is 0 Å². The summed E-state index contributed by atoms with van der Waals surface area (Å²) in [7, 11) is 3.10. The minimum atomic E-state index is -0.439. The number of hydrogen-bond donors (Lipinski definition) is 2. The number of ether oxygens (including phenoxy) is 2. The third-order valence-corrected chi connectivity index (χ3v) is 6.16. The van der Waals surface area contributed by atoms with E-state index in [9.17, 15) is 9.59 Å². The smallest absolute Gasteiger partial charge is 0.322 e. The van der Waals surface area contributed by atoms with Gasteiger partial charge in [0.25, 0.3) is 0 Å². The number of anilines is 2. The second-order valence-corrected chi connectivity index (χ2v) is 10.1. The molecule has 1 heterocycles. The van der Waals surface area contributed by atoms with Crippen LogP contribution in [0.15, 0.2) is 48.5 Å². The molecule has 0 bridgehead atoms. The van der Waals surface area contributed by atoms with Crippen molar-refractivity contribution in [2.45, 2.75) is 26.2 Å². The third-order valence-electron chi connectivity index (χ3n) is 5.42. The van der Waals surface area contributed by atoms with Crippen LogP contribution in [-0.4, -0.2) is 60.5 Å². The van der Waals surface area contributed by atoms with Crippen LogP contribution in [0.2, 0.25) is 10.0 Å². The molecule has 11 heteroatoms. The maximum atomic E-state index is 13.1. The predicted octanol–water partition coefficient (Wildman–Crippen LogP) is 5.60. The number of urea groups is 1. The van der Waals surface area contributed by atoms with Gasteiger partial charge in [-0.05, 0) is 42.5 Å². The summed E-state index contributed by atoms with van der Waals surface area (Å²) in [6.07, 6.45) is 0. The van der Waals surface area contributed by atoms with E-state index in [-0.39, 0.29) is 25.1 Å². The Balaban J connectivity index is 1.81. The SMILES string of the molecule is COCCN(CC(=O)Nc1cc(C(C)(C)C)nn1-c1ccc(Cl)c(Cl)c1)C(=O)Nc1ccc(OC)cc1. The van der Waals surface area contributed by atoms with Crippen LogP contribution in [0.4, 0.5) is 16.3 Å². The molecule has 3 amide bonds. The summed E-state index contributed by atoms with van der Waals surface area (Å²) in [5.74, 6) is 0.708. The maximum absolute atomic E-state index is 13.1. The number of nitrogens with zero attached hydrogens (tertiary/aromatic N) is 3. The van der Waals surface area contributed by atoms with Crippen molar-refractivity contribution in [1.29, 1.82) is 0 Å². The summed E-state index contributed by atoms with van der Waals surface area (Å²) < 4.78 is 11.9. The fourth-order valence-corrected chi connectivity index (χ4v) is 3.63. The van der Waals surface area contributed by atoms with E-state index in [0.717, 1.165) is 5.69 Å². The first kappa shape index (κ1) is 28.3. The molecule has 0 aliphatic rings. The third kappa shape index (κ3) is 7.61. The molecule has 0 saturated heterocycles. The zero-order valence-corrected chi connectivity index (χ0v) is 23.0. The Morgan fingerprint density at radius 1 is 1.00 bits per heavy atom. The van der Waals surface area contributed by atoms with Crippen LogP contribution >= 0.6 is 23.2 Å². The second-order valence-electron chi connectivity index (χ2n) is 9.30. The lowest BCUT2D eigenvalue weighted by Gasteiger charge is -2.22. The van der Waals surface area contributed by atoms with E-state index in [1.165, 1.54) is 12.0 Å². The Bertz CT molecular complexity index is 1240. The van der Waals surface area contributed by atoms with Gasteiger partial charge in [-0.2, -0.15) is 5.10 Å². The molecular formula is C26H31Cl2N5O4. The predicted molar refractivity (Wildman–Crippen MR) is 146 cm³/mol. The van der Waals surface area contributed by atoms with Crippen LogP contribution in [0.25, 0.3) is 5.69 Å². The number of rotatable bonds is 9. The number of halogens is 2. The Kier molecular flexibility index (Phi) is 9.42. The van der Waals surface area contributed by atoms with Crippen molar-refractivity contribution in [3.63, 3.8) is 0 Å². The summed E-state index contributed by atoms with van der Waals surface area (Å²) in [5, 5.41) is 11.1. The lowest BCUT2D eigenvalue weighted by Crippen LogP contribution is -2.42. The number of aromatic nitrogens is 2. The van der Waals surface area contributed by atoms with Gasteiger partial charge in [-0.1, -0.05) is 44.0 Å². The molecule has 0 saturated carbocycles. The van der Waals surface area contributed by atoms with Crippen molar-refractivity contribution in [1.82, 2.24) is 14.7 Å². The summed E-state index contributed by atoms with van der Waals surface area (Å²) in [4.78, 5) is 27.4. The molecule has 2 aromatic carbocycles. The summed E-state index contributed by atoms with van der Waals surface area (Å²) in [6.45, 7) is 6.34. The number of amides is 3. The van der Waals surface area contributed by atoms with Gasteiger partial charge >= 0.3 is 6.03 Å². The molecule has 0 spiro atoms. The van der Waals surface area contributed by atoms with Gasteiger partial charge in [0.15, 0.2) is 0 Å². The molecule has 0 fully saturated rings. The Labute approximate surface area is 226 Å². The van der Waals surface area contributed by atoms with E-state index in [2.05, 4.69) is 15.7 Å². The quantitative estimate of drug-likeness (QED) is 0.363. The van der Waals surface area contributed by atoms with Crippen LogP contribution in [0.5, 0.6) is 5.75 Å². The molecule has 0 aliphatic heterocycles. The highest BCUT2D eigenvalue weighted by Gasteiger charge is 2.23. The molecule has 37 heavy (non-hydrogen) atoms. The lowest BCUT2D eigenvalue weighted by atomic mass is 9.92. The molecule has 2 N–H and O–H groups in total. The Hall–Kier alpha value is -3.27. The molecule has 3 rings (SSSR count). The van der Waals surface area contributed by atoms with Crippen LogP contribution in [-0.2, 0) is 14.9 Å². The van der Waals surface area contributed by atoms with Crippen molar-refractivity contribution in [2.75, 3.05) is 44.5 Å². The zero-order valence-electron chi connectivity index (χ0n) is 21.5. The highest BCUT2D eigenvalue weighted by Crippen LogP contribution is 2.29. The minimum Gasteiger partial charge on any atom is -0.497 e. The number of carbonyl (C=O) groups excluding carboxylic acids is 2. The number of nitrogens with one attached hydrogen (secondary N) is 2. The topological polar surface area (TPSA) is 97.7 Å². The number of hydrogen-bond acceptors (Lipinski definition) is 5. The van der Waals surface area contributed by atoms with E-state index in [4.69, 9.17) is 32.7 Å². The van der Waals surface area contributed by atoms with Gasteiger partial charge in [-0.15, -0.1) is 0 Å². The first-order valence-corrected chi connectivity index (χ1v) is 12.3. The fraction of sp³-hybridized carbons (Fsp3) is 0.346. The van der Waals surface area contributed by atoms with Gasteiger partial charge in [-0.25, -0.2) is 9.48 Å². The molecule has 1 aromatic heterocycles. The summed E-state index contributed by atoms with van der Waals surface area (Å²) in [5.41, 5.74) is 1.70. The monoisotopic (exact) mass is 547 g/mol. The molecule has 0 unspecified atom stereocenters. The van der Waals surface area contributed by atoms with Crippen LogP contribution in [0, 0.1) is 0 Å². The number of carbonyl (C=O) groups is 2. The molecule has 0 aliphatic carbocycles. The molecule has 0 atom stereocenters. The highest BCUT2D eigenvalue weighted by atomic mass is 35.5. The molecule has 9 nitrogen and oxygen atoms in total. The van der Waals surface area contributed by atoms with Gasteiger partial charge < -0.3 is 25.0 Å². The van der Waals surface area contributed by atoms with Gasteiger partial charge in [0.2, 0.25) is 5.91 Å². The largest absolute Gasteiger partial charge is 0.497 e. The zero-order chi connectivity index (χ0) is 27.2. The molecular weight excluding hydrogens is 517 g/mol. The average Bonchev–Trinajstić information content (AvgIpc) is 3.28. The van der Waals surface area contributed by atoms with E-state index in [1.54, 1.807) is 60.3 Å². The second kappa shape index (κ2) is 12.3. The van der Waals surface area contributed by atoms with Crippen molar-refractivity contribution in [2.24, 2.45) is 0 Å². The van der Waals surface area contributed by atoms with Crippen LogP contribution in [0.1, 0.15) is 26.5 Å². The van der Waals surface area contributed by atoms with Crippen molar-refractivity contribution in [3.05, 3.63) is 64.3 Å². The fourth-order valence-electron chi connectivity index (χ4n) is 3.34. The first-order chi connectivity index (χ1) is 17.5. The van der Waals surface area contributed by atoms with Crippen LogP contribution in [0.3, 0.4) is 0 Å². The normalized spacial score (nSPS) is 11.2. The minimum absolute atomic E-state index is 0.206. The van der Waals surface area contributed by atoms with Crippen molar-refractivity contribution < 1.29 is 19.1 Å². The van der Waals surface area contributed by atoms with E-state index in [0.29, 0.717) is 33.0 Å². The van der Waals surface area contributed by atoms with Crippen LogP contribution < -0.4 is 15.4 Å². The average molecular weight is 548 g/mol. The highest BCUT2D eigenvalue weighted by molar-refractivity contribution is 6.42. The van der Waals surface area contributed by atoms with Gasteiger partial charge in [0.1, 0.15) is 18.1 Å². The van der Waals surface area contributed by atoms with Crippen molar-refractivity contribution >= 4 is 46.6 Å². The number of methoxy groups -OCH3 is 2. The molecule has 198 valence electrons. The van der Waals surface area contributed by atoms with Gasteiger partial charge in [0.05, 0.1) is 35.1 Å². The first-order valence-electron chi connectivity index (χ1n) is 11.6. The van der Waals surface area contributed by atoms with E-state index < -0.39 is 11.9 Å². The Morgan fingerprint density at radius 2 is 1.70 bits per heavy atom. The van der Waals surface area contributed by atoms with Gasteiger partial charge in [-0.3, -0.25) is 4.79 Å². The standard InChI is InChI=1S/C26H31Cl2N5O4/c1-26(2,3)22-15-23(33(31-22)18-8-11-20(27)21(28)14-18)30-24(34)16-32(12-13-36-4)25(35)29-17-6-9-19(37-5)10-7-17/h6-11,14-15H,12-13,16H2,1-5H3,(H,29,35)(H,30,34). The van der Waals surface area contributed by atoms with E-state index in [1.807, 2.05) is 20.8 Å². The summed E-state index contributed by atoms with van der Waals surface area (Å²) >= 11 is 12.3. The Morgan fingerprint density at radius 3 is 2.30 bits per heavy atom. The maximum Gasteiger partial charge on any atom is 0.322 e. The number of benzene rings is 2. The lowest BCUT2D eigenvalue weighted by molar-refractivity contribution is -0.116. The molecule has 3 aromatic rings.